The molecule has 4 atom stereocenters. The Morgan fingerprint density at radius 1 is 0.692 bits per heavy atom. The van der Waals surface area contributed by atoms with Gasteiger partial charge in [0.15, 0.2) is 0 Å². The molecule has 0 radical (unpaired) electrons. The third-order valence-corrected chi connectivity index (χ3v) is 3.21. The Labute approximate surface area is 150 Å². The molecule has 4 N–H and O–H groups in total. The van der Waals surface area contributed by atoms with Crippen molar-refractivity contribution < 1.29 is 39.7 Å². The third kappa shape index (κ3) is 6.02. The smallest absolute Gasteiger partial charge is 0.357 e. The van der Waals surface area contributed by atoms with Crippen molar-refractivity contribution in [3.05, 3.63) is 35.4 Å². The molecule has 1 rings (SSSR count). The van der Waals surface area contributed by atoms with Crippen LogP contribution in [0.5, 0.6) is 0 Å². The van der Waals surface area contributed by atoms with Gasteiger partial charge in [0.05, 0.1) is 11.1 Å². The van der Waals surface area contributed by atoms with Crippen LogP contribution in [-0.2, 0) is 9.68 Å². The predicted octanol–water partition coefficient (Wildman–Crippen LogP) is -0.213. The summed E-state index contributed by atoms with van der Waals surface area (Å²) in [6, 6.07) is 5.15. The lowest BCUT2D eigenvalue weighted by molar-refractivity contribution is -0.256. The van der Waals surface area contributed by atoms with Crippen LogP contribution in [0.2, 0.25) is 0 Å². The van der Waals surface area contributed by atoms with Crippen LogP contribution < -0.4 is 0 Å². The molecule has 10 heteroatoms. The number of rotatable bonds is 8. The van der Waals surface area contributed by atoms with E-state index in [2.05, 4.69) is 0 Å². The van der Waals surface area contributed by atoms with Crippen LogP contribution >= 0.6 is 0 Å². The predicted molar refractivity (Wildman–Crippen MR) is 87.7 cm³/mol. The standard InChI is InChI=1S/C16H24N2O8/c1-9(19)17(10(2)20)25-15(23)13-5-7-14(8-6-13)16(24)26-18(11(3)21)12(4)22/h5-12,19-22H,1-4H3. The van der Waals surface area contributed by atoms with E-state index < -0.39 is 36.9 Å². The quantitative estimate of drug-likeness (QED) is 0.358. The second-order valence-electron chi connectivity index (χ2n) is 5.58. The molecule has 0 aromatic heterocycles. The highest BCUT2D eigenvalue weighted by atomic mass is 16.7. The van der Waals surface area contributed by atoms with Crippen LogP contribution in [0.25, 0.3) is 0 Å². The maximum absolute atomic E-state index is 12.0. The minimum Gasteiger partial charge on any atom is -0.375 e. The van der Waals surface area contributed by atoms with Gasteiger partial charge in [-0.25, -0.2) is 9.59 Å². The van der Waals surface area contributed by atoms with Gasteiger partial charge in [-0.05, 0) is 52.0 Å². The summed E-state index contributed by atoms with van der Waals surface area (Å²) in [4.78, 5) is 33.8. The first kappa shape index (κ1) is 22.0. The topological polar surface area (TPSA) is 140 Å². The highest BCUT2D eigenvalue weighted by molar-refractivity contribution is 5.93. The summed E-state index contributed by atoms with van der Waals surface area (Å²) in [7, 11) is 0. The molecule has 1 aromatic carbocycles. The van der Waals surface area contributed by atoms with Crippen molar-refractivity contribution in [1.82, 2.24) is 10.1 Å². The third-order valence-electron chi connectivity index (χ3n) is 3.21. The molecule has 0 spiro atoms. The molecule has 146 valence electrons. The molecule has 0 saturated heterocycles. The molecule has 0 saturated carbocycles. The van der Waals surface area contributed by atoms with Gasteiger partial charge in [0.2, 0.25) is 0 Å². The van der Waals surface area contributed by atoms with Gasteiger partial charge in [0.25, 0.3) is 0 Å². The van der Waals surface area contributed by atoms with Gasteiger partial charge in [-0.2, -0.15) is 0 Å². The van der Waals surface area contributed by atoms with Crippen molar-refractivity contribution in [1.29, 1.82) is 0 Å². The van der Waals surface area contributed by atoms with E-state index in [-0.39, 0.29) is 11.1 Å². The summed E-state index contributed by atoms with van der Waals surface area (Å²) in [5.74, 6) is -1.69. The van der Waals surface area contributed by atoms with Crippen LogP contribution in [0.15, 0.2) is 24.3 Å². The molecule has 10 nitrogen and oxygen atoms in total. The molecule has 0 bridgehead atoms. The Bertz CT molecular complexity index is 532. The van der Waals surface area contributed by atoms with E-state index in [1.165, 1.54) is 52.0 Å². The number of carbonyl (C=O) groups is 2. The van der Waals surface area contributed by atoms with Crippen molar-refractivity contribution in [2.45, 2.75) is 52.6 Å². The zero-order valence-electron chi connectivity index (χ0n) is 14.9. The Morgan fingerprint density at radius 3 is 1.12 bits per heavy atom. The molecule has 0 aliphatic carbocycles. The van der Waals surface area contributed by atoms with Gasteiger partial charge in [-0.15, -0.1) is 0 Å². The first-order valence-electron chi connectivity index (χ1n) is 7.88. The van der Waals surface area contributed by atoms with Crippen molar-refractivity contribution in [3.8, 4) is 0 Å². The zero-order chi connectivity index (χ0) is 20.0. The summed E-state index contributed by atoms with van der Waals surface area (Å²) in [5, 5.41) is 39.2. The molecule has 1 aromatic rings. The van der Waals surface area contributed by atoms with Crippen molar-refractivity contribution in [3.63, 3.8) is 0 Å². The first-order chi connectivity index (χ1) is 12.0. The van der Waals surface area contributed by atoms with E-state index in [0.717, 1.165) is 0 Å². The molecule has 0 amide bonds. The highest BCUT2D eigenvalue weighted by Gasteiger charge is 2.24. The largest absolute Gasteiger partial charge is 0.375 e. The summed E-state index contributed by atoms with van der Waals surface area (Å²) in [5.41, 5.74) is 0.131. The molecular weight excluding hydrogens is 348 g/mol. The maximum atomic E-state index is 12.0. The van der Waals surface area contributed by atoms with Gasteiger partial charge in [0, 0.05) is 0 Å². The number of hydroxylamine groups is 4. The summed E-state index contributed by atoms with van der Waals surface area (Å²) >= 11 is 0. The summed E-state index contributed by atoms with van der Waals surface area (Å²) < 4.78 is 0. The number of benzene rings is 1. The molecule has 0 aliphatic heterocycles. The summed E-state index contributed by atoms with van der Waals surface area (Å²) in [6.45, 7) is 5.26. The molecular formula is C16H24N2O8. The van der Waals surface area contributed by atoms with Gasteiger partial charge in [0.1, 0.15) is 24.9 Å². The first-order valence-corrected chi connectivity index (χ1v) is 7.88. The van der Waals surface area contributed by atoms with E-state index in [1.807, 2.05) is 0 Å². The monoisotopic (exact) mass is 372 g/mol. The highest BCUT2D eigenvalue weighted by Crippen LogP contribution is 2.12. The van der Waals surface area contributed by atoms with E-state index >= 15 is 0 Å². The minimum absolute atomic E-state index is 0.0655. The SMILES string of the molecule is CC(O)N(OC(=O)c1ccc(C(=O)ON(C(C)O)C(C)O)cc1)C(C)O. The van der Waals surface area contributed by atoms with Crippen molar-refractivity contribution in [2.24, 2.45) is 0 Å². The average Bonchev–Trinajstić information content (AvgIpc) is 2.55. The maximum Gasteiger partial charge on any atom is 0.357 e. The molecule has 4 unspecified atom stereocenters. The van der Waals surface area contributed by atoms with Crippen LogP contribution in [-0.4, -0.2) is 67.4 Å². The van der Waals surface area contributed by atoms with Gasteiger partial charge in [-0.1, -0.05) is 10.1 Å². The number of aliphatic hydroxyl groups is 4. The van der Waals surface area contributed by atoms with E-state index in [0.29, 0.717) is 10.1 Å². The van der Waals surface area contributed by atoms with E-state index in [9.17, 15) is 30.0 Å². The van der Waals surface area contributed by atoms with Crippen molar-refractivity contribution >= 4 is 11.9 Å². The number of hydrogen-bond acceptors (Lipinski definition) is 10. The molecule has 0 fully saturated rings. The fourth-order valence-corrected chi connectivity index (χ4v) is 1.97. The Kier molecular flexibility index (Phi) is 8.08. The lowest BCUT2D eigenvalue weighted by Gasteiger charge is -2.26. The van der Waals surface area contributed by atoms with Gasteiger partial charge < -0.3 is 30.1 Å². The van der Waals surface area contributed by atoms with Crippen LogP contribution in [0.3, 0.4) is 0 Å². The number of hydrogen-bond donors (Lipinski definition) is 4. The second-order valence-corrected chi connectivity index (χ2v) is 5.58. The normalized spacial score (nSPS) is 16.1. The average molecular weight is 372 g/mol. The minimum atomic E-state index is -1.22. The van der Waals surface area contributed by atoms with Crippen LogP contribution in [0, 0.1) is 0 Å². The number of nitrogens with zero attached hydrogens (tertiary/aromatic N) is 2. The summed E-state index contributed by atoms with van der Waals surface area (Å²) in [6.07, 6.45) is -4.89. The fraction of sp³-hybridized carbons (Fsp3) is 0.500. The lowest BCUT2D eigenvalue weighted by atomic mass is 10.1. The van der Waals surface area contributed by atoms with Crippen molar-refractivity contribution in [2.75, 3.05) is 0 Å². The lowest BCUT2D eigenvalue weighted by Crippen LogP contribution is -2.41. The second kappa shape index (κ2) is 9.57. The Morgan fingerprint density at radius 2 is 0.923 bits per heavy atom. The fourth-order valence-electron chi connectivity index (χ4n) is 1.97. The van der Waals surface area contributed by atoms with Gasteiger partial charge in [-0.3, -0.25) is 0 Å². The van der Waals surface area contributed by atoms with Gasteiger partial charge >= 0.3 is 11.9 Å². The Balaban J connectivity index is 2.81. The van der Waals surface area contributed by atoms with Crippen LogP contribution in [0.4, 0.5) is 0 Å². The van der Waals surface area contributed by atoms with E-state index in [4.69, 9.17) is 9.68 Å². The van der Waals surface area contributed by atoms with E-state index in [1.54, 1.807) is 0 Å². The number of carbonyl (C=O) groups excluding carboxylic acids is 2. The zero-order valence-corrected chi connectivity index (χ0v) is 14.9. The molecule has 0 aliphatic rings. The number of aliphatic hydroxyl groups excluding tert-OH is 4. The molecule has 26 heavy (non-hydrogen) atoms. The Hall–Kier alpha value is -2.08. The van der Waals surface area contributed by atoms with Crippen LogP contribution in [0.1, 0.15) is 48.4 Å². The molecule has 0 heterocycles.